The number of hydrogen-bond acceptors (Lipinski definition) is 4. The molecule has 128 valence electrons. The van der Waals surface area contributed by atoms with Gasteiger partial charge in [-0.25, -0.2) is 13.6 Å². The molecule has 2 aromatic heterocycles. The first-order valence-electron chi connectivity index (χ1n) is 8.13. The number of hydrogen-bond donors (Lipinski definition) is 1. The summed E-state index contributed by atoms with van der Waals surface area (Å²) in [7, 11) is 0. The summed E-state index contributed by atoms with van der Waals surface area (Å²) in [5.74, 6) is -0.890. The molecule has 3 aromatic rings. The fourth-order valence-electron chi connectivity index (χ4n) is 3.19. The molecule has 1 aromatic carbocycles. The zero-order valence-corrected chi connectivity index (χ0v) is 13.4. The van der Waals surface area contributed by atoms with E-state index in [1.807, 2.05) is 0 Å². The first-order chi connectivity index (χ1) is 12.1. The fourth-order valence-corrected chi connectivity index (χ4v) is 3.19. The molecular formula is C17H16FN5O2. The topological polar surface area (TPSA) is 81.3 Å². The molecule has 0 saturated carbocycles. The first kappa shape index (κ1) is 15.5. The fraction of sp³-hybridized carbons (Fsp3) is 0.294. The predicted octanol–water partition coefficient (Wildman–Crippen LogP) is 1.55. The number of rotatable bonds is 3. The minimum Gasteiger partial charge on any atom is -0.324 e. The molecule has 1 aliphatic rings. The van der Waals surface area contributed by atoms with Crippen molar-refractivity contribution in [1.29, 1.82) is 0 Å². The van der Waals surface area contributed by atoms with E-state index in [2.05, 4.69) is 15.5 Å². The lowest BCUT2D eigenvalue weighted by molar-refractivity contribution is -0.117. The van der Waals surface area contributed by atoms with Crippen molar-refractivity contribution in [3.05, 3.63) is 58.0 Å². The number of amides is 1. The van der Waals surface area contributed by atoms with Gasteiger partial charge in [0, 0.05) is 11.3 Å². The Kier molecular flexibility index (Phi) is 3.79. The molecule has 2 heterocycles. The van der Waals surface area contributed by atoms with Crippen LogP contribution >= 0.6 is 0 Å². The van der Waals surface area contributed by atoms with Gasteiger partial charge in [-0.2, -0.15) is 10.2 Å². The van der Waals surface area contributed by atoms with Crippen LogP contribution in [0.4, 0.5) is 10.1 Å². The zero-order valence-electron chi connectivity index (χ0n) is 13.4. The number of anilines is 1. The van der Waals surface area contributed by atoms with Crippen molar-refractivity contribution in [2.24, 2.45) is 0 Å². The second-order valence-electron chi connectivity index (χ2n) is 6.08. The number of aromatic nitrogens is 4. The van der Waals surface area contributed by atoms with E-state index in [1.54, 1.807) is 6.07 Å². The monoisotopic (exact) mass is 341 g/mol. The van der Waals surface area contributed by atoms with Gasteiger partial charge < -0.3 is 5.32 Å². The van der Waals surface area contributed by atoms with Gasteiger partial charge >= 0.3 is 0 Å². The zero-order chi connectivity index (χ0) is 17.4. The van der Waals surface area contributed by atoms with Crippen molar-refractivity contribution in [3.8, 4) is 0 Å². The van der Waals surface area contributed by atoms with Gasteiger partial charge in [-0.3, -0.25) is 9.59 Å². The van der Waals surface area contributed by atoms with Crippen LogP contribution in [0.3, 0.4) is 0 Å². The van der Waals surface area contributed by atoms with E-state index in [0.29, 0.717) is 11.2 Å². The van der Waals surface area contributed by atoms with Crippen LogP contribution in [-0.4, -0.2) is 25.3 Å². The lowest BCUT2D eigenvalue weighted by atomic mass is 9.97. The Labute approximate surface area is 142 Å². The van der Waals surface area contributed by atoms with Crippen LogP contribution < -0.4 is 10.9 Å². The number of benzene rings is 1. The van der Waals surface area contributed by atoms with Crippen LogP contribution in [0, 0.1) is 5.82 Å². The van der Waals surface area contributed by atoms with Crippen molar-refractivity contribution < 1.29 is 9.18 Å². The van der Waals surface area contributed by atoms with Gasteiger partial charge in [-0.05, 0) is 43.9 Å². The van der Waals surface area contributed by atoms with Crippen molar-refractivity contribution in [1.82, 2.24) is 19.4 Å². The molecular weight excluding hydrogens is 325 g/mol. The third-order valence-electron chi connectivity index (χ3n) is 4.32. The molecule has 1 N–H and O–H groups in total. The molecule has 1 amide bonds. The Morgan fingerprint density at radius 1 is 1.28 bits per heavy atom. The molecule has 0 unspecified atom stereocenters. The highest BCUT2D eigenvalue weighted by Crippen LogP contribution is 2.22. The standard InChI is InChI=1S/C17H16FN5O2/c18-11-4-3-5-12(8-11)20-15(24)9-22-17(25)16-13-6-1-2-7-14(13)21-23(16)10-19-22/h3-5,8,10H,1-2,6-7,9H2,(H,20,24). The van der Waals surface area contributed by atoms with Crippen LogP contribution in [0.2, 0.25) is 0 Å². The van der Waals surface area contributed by atoms with Crippen molar-refractivity contribution >= 4 is 17.1 Å². The first-order valence-corrected chi connectivity index (χ1v) is 8.13. The number of nitrogens with zero attached hydrogens (tertiary/aromatic N) is 4. The summed E-state index contributed by atoms with van der Waals surface area (Å²) in [6.07, 6.45) is 5.21. The van der Waals surface area contributed by atoms with Crippen LogP contribution in [-0.2, 0) is 24.2 Å². The molecule has 0 aliphatic heterocycles. The lowest BCUT2D eigenvalue weighted by Gasteiger charge is -2.09. The number of halogens is 1. The van der Waals surface area contributed by atoms with E-state index in [-0.39, 0.29) is 12.1 Å². The van der Waals surface area contributed by atoms with E-state index >= 15 is 0 Å². The Balaban J connectivity index is 1.62. The number of aryl methyl sites for hydroxylation is 2. The smallest absolute Gasteiger partial charge is 0.293 e. The second kappa shape index (κ2) is 6.12. The summed E-state index contributed by atoms with van der Waals surface area (Å²) in [6.45, 7) is -0.244. The van der Waals surface area contributed by atoms with Gasteiger partial charge in [0.05, 0.1) is 5.69 Å². The van der Waals surface area contributed by atoms with Crippen LogP contribution in [0.1, 0.15) is 24.1 Å². The molecule has 25 heavy (non-hydrogen) atoms. The van der Waals surface area contributed by atoms with Gasteiger partial charge in [0.25, 0.3) is 5.56 Å². The lowest BCUT2D eigenvalue weighted by Crippen LogP contribution is -2.31. The molecule has 0 bridgehead atoms. The number of nitrogens with one attached hydrogen (secondary N) is 1. The number of fused-ring (bicyclic) bond motifs is 3. The van der Waals surface area contributed by atoms with Gasteiger partial charge in [0.1, 0.15) is 24.2 Å². The summed E-state index contributed by atoms with van der Waals surface area (Å²) in [5, 5.41) is 11.0. The summed E-state index contributed by atoms with van der Waals surface area (Å²) >= 11 is 0. The maximum absolute atomic E-state index is 13.2. The minimum absolute atomic E-state index is 0.244. The molecule has 0 spiro atoms. The Hall–Kier alpha value is -3.03. The Morgan fingerprint density at radius 2 is 2.12 bits per heavy atom. The Bertz CT molecular complexity index is 1020. The largest absolute Gasteiger partial charge is 0.324 e. The van der Waals surface area contributed by atoms with E-state index < -0.39 is 11.7 Å². The third-order valence-corrected chi connectivity index (χ3v) is 4.32. The second-order valence-corrected chi connectivity index (χ2v) is 6.08. The maximum atomic E-state index is 13.2. The highest BCUT2D eigenvalue weighted by Gasteiger charge is 2.20. The molecule has 0 radical (unpaired) electrons. The van der Waals surface area contributed by atoms with Crippen molar-refractivity contribution in [2.45, 2.75) is 32.2 Å². The average molecular weight is 341 g/mol. The summed E-state index contributed by atoms with van der Waals surface area (Å²) in [5.41, 5.74) is 2.38. The van der Waals surface area contributed by atoms with E-state index in [1.165, 1.54) is 29.0 Å². The third kappa shape index (κ3) is 2.90. The highest BCUT2D eigenvalue weighted by molar-refractivity contribution is 5.90. The van der Waals surface area contributed by atoms with E-state index in [9.17, 15) is 14.0 Å². The molecule has 7 nitrogen and oxygen atoms in total. The van der Waals surface area contributed by atoms with Gasteiger partial charge in [0.2, 0.25) is 5.91 Å². The normalized spacial score (nSPS) is 13.6. The molecule has 0 saturated heterocycles. The average Bonchev–Trinajstić information content (AvgIpc) is 2.96. The summed E-state index contributed by atoms with van der Waals surface area (Å²) in [6, 6.07) is 5.58. The quantitative estimate of drug-likeness (QED) is 0.784. The molecule has 8 heteroatoms. The van der Waals surface area contributed by atoms with E-state index in [0.717, 1.165) is 41.6 Å². The SMILES string of the molecule is O=C(Cn1ncn2nc3c(c2c1=O)CCCC3)Nc1cccc(F)c1. The summed E-state index contributed by atoms with van der Waals surface area (Å²) in [4.78, 5) is 24.9. The molecule has 0 fully saturated rings. The Morgan fingerprint density at radius 3 is 2.96 bits per heavy atom. The van der Waals surface area contributed by atoms with Crippen LogP contribution in [0.5, 0.6) is 0 Å². The van der Waals surface area contributed by atoms with Crippen molar-refractivity contribution in [3.63, 3.8) is 0 Å². The van der Waals surface area contributed by atoms with Gasteiger partial charge in [-0.15, -0.1) is 0 Å². The highest BCUT2D eigenvalue weighted by atomic mass is 19.1. The summed E-state index contributed by atoms with van der Waals surface area (Å²) < 4.78 is 15.8. The molecule has 0 atom stereocenters. The number of carbonyl (C=O) groups is 1. The number of carbonyl (C=O) groups excluding carboxylic acids is 1. The molecule has 1 aliphatic carbocycles. The van der Waals surface area contributed by atoms with E-state index in [4.69, 9.17) is 0 Å². The van der Waals surface area contributed by atoms with Crippen LogP contribution in [0.15, 0.2) is 35.4 Å². The molecule has 4 rings (SSSR count). The van der Waals surface area contributed by atoms with Crippen LogP contribution in [0.25, 0.3) is 5.52 Å². The van der Waals surface area contributed by atoms with Crippen molar-refractivity contribution in [2.75, 3.05) is 5.32 Å². The van der Waals surface area contributed by atoms with Gasteiger partial charge in [0.15, 0.2) is 0 Å². The van der Waals surface area contributed by atoms with Gasteiger partial charge in [-0.1, -0.05) is 6.07 Å². The maximum Gasteiger partial charge on any atom is 0.293 e. The predicted molar refractivity (Wildman–Crippen MR) is 88.9 cm³/mol. The minimum atomic E-state index is -0.446.